The molecule has 0 saturated heterocycles. The molecule has 0 atom stereocenters. The lowest BCUT2D eigenvalue weighted by atomic mass is 9.85. The Balaban J connectivity index is 0.00000408. The van der Waals surface area contributed by atoms with Crippen LogP contribution in [0, 0.1) is 12.3 Å². The molecule has 0 aliphatic rings. The Hall–Kier alpha value is -3.24. The maximum atomic E-state index is 13.2. The zero-order valence-electron chi connectivity index (χ0n) is 20.2. The van der Waals surface area contributed by atoms with Crippen molar-refractivity contribution < 1.29 is 19.4 Å². The molecule has 184 valence electrons. The predicted molar refractivity (Wildman–Crippen MR) is 129 cm³/mol. The van der Waals surface area contributed by atoms with Gasteiger partial charge in [0.1, 0.15) is 24.6 Å². The second kappa shape index (κ2) is 10.4. The first kappa shape index (κ1) is 27.0. The van der Waals surface area contributed by atoms with Gasteiger partial charge in [-0.3, -0.25) is 15.0 Å². The van der Waals surface area contributed by atoms with Gasteiger partial charge in [-0.1, -0.05) is 20.8 Å². The van der Waals surface area contributed by atoms with E-state index in [2.05, 4.69) is 10.2 Å². The molecule has 2 aromatic heterocycles. The summed E-state index contributed by atoms with van der Waals surface area (Å²) in [5.41, 5.74) is 2.27. The molecule has 2 heterocycles. The van der Waals surface area contributed by atoms with E-state index in [9.17, 15) is 9.59 Å². The van der Waals surface area contributed by atoms with Crippen LogP contribution >= 0.6 is 12.4 Å². The maximum Gasteiger partial charge on any atom is 0.273 e. The molecule has 34 heavy (non-hydrogen) atoms. The van der Waals surface area contributed by atoms with Crippen molar-refractivity contribution in [3.8, 4) is 5.75 Å². The van der Waals surface area contributed by atoms with E-state index in [0.29, 0.717) is 22.5 Å². The number of hydrogen-bond acceptors (Lipinski definition) is 7. The molecule has 3 rings (SSSR count). The third-order valence-corrected chi connectivity index (χ3v) is 5.15. The fourth-order valence-corrected chi connectivity index (χ4v) is 3.27. The fraction of sp³-hybridized carbons (Fsp3) is 0.435. The quantitative estimate of drug-likeness (QED) is 0.488. The summed E-state index contributed by atoms with van der Waals surface area (Å²) >= 11 is 0. The number of hydrogen-bond donors (Lipinski definition) is 2. The monoisotopic (exact) mass is 490 g/mol. The second-order valence-electron chi connectivity index (χ2n) is 9.12. The van der Waals surface area contributed by atoms with Gasteiger partial charge in [-0.15, -0.1) is 17.5 Å². The number of aryl methyl sites for hydroxylation is 1. The second-order valence-corrected chi connectivity index (χ2v) is 9.12. The third kappa shape index (κ3) is 5.63. The van der Waals surface area contributed by atoms with Crippen molar-refractivity contribution in [2.45, 2.75) is 39.7 Å². The molecule has 3 aromatic rings. The van der Waals surface area contributed by atoms with Gasteiger partial charge in [-0.05, 0) is 47.7 Å². The highest BCUT2D eigenvalue weighted by Gasteiger charge is 2.20. The topological polar surface area (TPSA) is 126 Å². The summed E-state index contributed by atoms with van der Waals surface area (Å²) < 4.78 is 8.09. The lowest BCUT2D eigenvalue weighted by Gasteiger charge is -2.21. The molecule has 0 aliphatic carbocycles. The van der Waals surface area contributed by atoms with Crippen LogP contribution in [0.4, 0.5) is 0 Å². The van der Waals surface area contributed by atoms with E-state index in [-0.39, 0.29) is 60.6 Å². The van der Waals surface area contributed by atoms with E-state index < -0.39 is 0 Å². The standard InChI is InChI=1S/C23H30N6O4.ClH/c1-14-9-18(21(32)27(5)6)25-29-20(14)26-28(22(29)24)13-19(31)15-10-16(23(2,3)4)12-17(11-15)33-8-7-30;/h9-12,24,30H,7-8,13H2,1-6H3;1H. The molecule has 11 heteroatoms. The third-order valence-electron chi connectivity index (χ3n) is 5.15. The summed E-state index contributed by atoms with van der Waals surface area (Å²) in [5, 5.41) is 26.2. The summed E-state index contributed by atoms with van der Waals surface area (Å²) in [5.74, 6) is -0.0421. The summed E-state index contributed by atoms with van der Waals surface area (Å²) in [6, 6.07) is 6.92. The molecule has 1 amide bonds. The smallest absolute Gasteiger partial charge is 0.273 e. The summed E-state index contributed by atoms with van der Waals surface area (Å²) in [7, 11) is 3.25. The van der Waals surface area contributed by atoms with Gasteiger partial charge >= 0.3 is 0 Å². The van der Waals surface area contributed by atoms with Gasteiger partial charge in [-0.2, -0.15) is 9.61 Å². The minimum Gasteiger partial charge on any atom is -0.491 e. The van der Waals surface area contributed by atoms with E-state index in [1.807, 2.05) is 32.9 Å². The fourth-order valence-electron chi connectivity index (χ4n) is 3.27. The van der Waals surface area contributed by atoms with Gasteiger partial charge in [0.15, 0.2) is 11.4 Å². The minimum absolute atomic E-state index is 0. The summed E-state index contributed by atoms with van der Waals surface area (Å²) in [6.45, 7) is 7.70. The average molecular weight is 491 g/mol. The van der Waals surface area contributed by atoms with E-state index in [1.54, 1.807) is 33.2 Å². The molecule has 10 nitrogen and oxygen atoms in total. The van der Waals surface area contributed by atoms with Crippen molar-refractivity contribution in [3.05, 3.63) is 52.3 Å². The Kier molecular flexibility index (Phi) is 8.22. The number of aliphatic hydroxyl groups is 1. The highest BCUT2D eigenvalue weighted by atomic mass is 35.5. The number of rotatable bonds is 7. The number of amides is 1. The van der Waals surface area contributed by atoms with Crippen molar-refractivity contribution >= 4 is 29.7 Å². The van der Waals surface area contributed by atoms with E-state index >= 15 is 0 Å². The number of carbonyl (C=O) groups excluding carboxylic acids is 2. The minimum atomic E-state index is -0.287. The molecule has 2 N–H and O–H groups in total. The first-order chi connectivity index (χ1) is 15.4. The van der Waals surface area contributed by atoms with Gasteiger partial charge in [0, 0.05) is 19.7 Å². The van der Waals surface area contributed by atoms with Crippen molar-refractivity contribution in [2.75, 3.05) is 27.3 Å². The van der Waals surface area contributed by atoms with Crippen molar-refractivity contribution in [3.63, 3.8) is 0 Å². The van der Waals surface area contributed by atoms with Gasteiger partial charge in [-0.25, -0.2) is 4.68 Å². The van der Waals surface area contributed by atoms with Gasteiger partial charge < -0.3 is 14.7 Å². The van der Waals surface area contributed by atoms with Crippen LogP contribution in [0.2, 0.25) is 0 Å². The first-order valence-electron chi connectivity index (χ1n) is 10.6. The lowest BCUT2D eigenvalue weighted by Crippen LogP contribution is -2.28. The normalized spacial score (nSPS) is 11.3. The molecule has 0 saturated carbocycles. The molecule has 1 aromatic carbocycles. The number of aliphatic hydroxyl groups excluding tert-OH is 1. The molecule has 0 aliphatic heterocycles. The van der Waals surface area contributed by atoms with Crippen LogP contribution in [0.15, 0.2) is 24.3 Å². The largest absolute Gasteiger partial charge is 0.491 e. The number of Topliss-reactive ketones (excluding diaryl/α,β-unsaturated/α-hetero) is 1. The predicted octanol–water partition coefficient (Wildman–Crippen LogP) is 1.99. The molecule has 0 bridgehead atoms. The van der Waals surface area contributed by atoms with Crippen LogP contribution in [-0.4, -0.2) is 68.4 Å². The molecule has 0 fully saturated rings. The Morgan fingerprint density at radius 2 is 1.82 bits per heavy atom. The number of ketones is 1. The Bertz CT molecular complexity index is 1270. The number of nitrogens with zero attached hydrogens (tertiary/aromatic N) is 5. The van der Waals surface area contributed by atoms with Crippen LogP contribution in [0.25, 0.3) is 5.65 Å². The lowest BCUT2D eigenvalue weighted by molar-refractivity contribution is 0.0819. The summed E-state index contributed by atoms with van der Waals surface area (Å²) in [6.07, 6.45) is 0. The highest BCUT2D eigenvalue weighted by Crippen LogP contribution is 2.28. The van der Waals surface area contributed by atoms with Crippen molar-refractivity contribution in [1.29, 1.82) is 5.41 Å². The molecular weight excluding hydrogens is 460 g/mol. The average Bonchev–Trinajstić information content (AvgIpc) is 3.06. The molecular formula is C23H31ClN6O4. The SMILES string of the molecule is Cc1cc(C(=O)N(C)C)nn2c(=N)n(CC(=O)c3cc(OCCO)cc(C(C)(C)C)c3)nc12.Cl. The number of carbonyl (C=O) groups is 2. The summed E-state index contributed by atoms with van der Waals surface area (Å²) in [4.78, 5) is 26.9. The molecule has 0 radical (unpaired) electrons. The van der Waals surface area contributed by atoms with Gasteiger partial charge in [0.05, 0.1) is 6.61 Å². The van der Waals surface area contributed by atoms with Crippen LogP contribution in [0.5, 0.6) is 5.75 Å². The van der Waals surface area contributed by atoms with Gasteiger partial charge in [0.2, 0.25) is 5.62 Å². The van der Waals surface area contributed by atoms with E-state index in [4.69, 9.17) is 15.3 Å². The first-order valence-corrected chi connectivity index (χ1v) is 10.6. The van der Waals surface area contributed by atoms with E-state index in [1.165, 1.54) is 14.1 Å². The maximum absolute atomic E-state index is 13.2. The van der Waals surface area contributed by atoms with Gasteiger partial charge in [0.25, 0.3) is 5.91 Å². The van der Waals surface area contributed by atoms with E-state index in [0.717, 1.165) is 5.56 Å². The number of fused-ring (bicyclic) bond motifs is 1. The Morgan fingerprint density at radius 1 is 1.15 bits per heavy atom. The Morgan fingerprint density at radius 3 is 2.41 bits per heavy atom. The molecule has 0 spiro atoms. The zero-order chi connectivity index (χ0) is 24.5. The number of aromatic nitrogens is 4. The number of benzene rings is 1. The van der Waals surface area contributed by atoms with Crippen LogP contribution in [-0.2, 0) is 12.0 Å². The number of ether oxygens (including phenoxy) is 1. The van der Waals surface area contributed by atoms with Crippen molar-refractivity contribution in [2.24, 2.45) is 0 Å². The number of nitrogens with one attached hydrogen (secondary N) is 1. The van der Waals surface area contributed by atoms with Crippen molar-refractivity contribution in [1.82, 2.24) is 24.3 Å². The van der Waals surface area contributed by atoms with Crippen LogP contribution in [0.1, 0.15) is 52.7 Å². The number of halogens is 1. The Labute approximate surface area is 204 Å². The zero-order valence-corrected chi connectivity index (χ0v) is 21.1. The van der Waals surface area contributed by atoms with Crippen LogP contribution < -0.4 is 10.4 Å². The highest BCUT2D eigenvalue weighted by molar-refractivity contribution is 5.96. The molecule has 0 unspecified atom stereocenters. The van der Waals surface area contributed by atoms with Crippen LogP contribution in [0.3, 0.4) is 0 Å².